The van der Waals surface area contributed by atoms with Crippen molar-refractivity contribution in [3.8, 4) is 0 Å². The summed E-state index contributed by atoms with van der Waals surface area (Å²) >= 11 is 0. The molecule has 1 unspecified atom stereocenters. The molecule has 0 aromatic rings. The molecule has 1 saturated heterocycles. The molecule has 0 radical (unpaired) electrons. The van der Waals surface area contributed by atoms with Gasteiger partial charge in [-0.05, 0) is 20.8 Å². The van der Waals surface area contributed by atoms with Crippen molar-refractivity contribution < 1.29 is 23.4 Å². The van der Waals surface area contributed by atoms with Crippen LogP contribution < -0.4 is 0 Å². The maximum atomic E-state index is 12.0. The SMILES string of the molecule is CC(C(=O)O)S(=O)(=O)N1CCN(CC(C)(C)O)CC1. The largest absolute Gasteiger partial charge is 0.480 e. The second kappa shape index (κ2) is 5.74. The Hall–Kier alpha value is -0.700. The fraction of sp³-hybridized carbons (Fsp3) is 0.909. The lowest BCUT2D eigenvalue weighted by Gasteiger charge is -2.37. The number of sulfonamides is 1. The monoisotopic (exact) mass is 294 g/mol. The van der Waals surface area contributed by atoms with Crippen molar-refractivity contribution in [1.29, 1.82) is 0 Å². The molecule has 0 saturated carbocycles. The van der Waals surface area contributed by atoms with Crippen LogP contribution in [0.25, 0.3) is 0 Å². The molecule has 0 spiro atoms. The third-order valence-corrected chi connectivity index (χ3v) is 5.28. The summed E-state index contributed by atoms with van der Waals surface area (Å²) in [5.41, 5.74) is -0.824. The summed E-state index contributed by atoms with van der Waals surface area (Å²) in [5.74, 6) is -1.33. The first-order chi connectivity index (χ1) is 8.54. The molecule has 1 aliphatic heterocycles. The zero-order valence-corrected chi connectivity index (χ0v) is 12.4. The zero-order chi connectivity index (χ0) is 14.8. The van der Waals surface area contributed by atoms with Crippen LogP contribution in [0, 0.1) is 0 Å². The Balaban J connectivity index is 2.61. The first-order valence-electron chi connectivity index (χ1n) is 6.20. The predicted molar refractivity (Wildman–Crippen MR) is 70.3 cm³/mol. The lowest BCUT2D eigenvalue weighted by atomic mass is 10.1. The summed E-state index contributed by atoms with van der Waals surface area (Å²) in [6.07, 6.45) is 0. The third kappa shape index (κ3) is 4.41. The van der Waals surface area contributed by atoms with Gasteiger partial charge in [0.05, 0.1) is 5.60 Å². The van der Waals surface area contributed by atoms with Crippen molar-refractivity contribution in [2.75, 3.05) is 32.7 Å². The highest BCUT2D eigenvalue weighted by Gasteiger charge is 2.36. The molecule has 0 amide bonds. The molecule has 1 atom stereocenters. The summed E-state index contributed by atoms with van der Waals surface area (Å²) in [7, 11) is -3.78. The van der Waals surface area contributed by atoms with Gasteiger partial charge in [-0.25, -0.2) is 8.42 Å². The minimum absolute atomic E-state index is 0.260. The number of carboxylic acid groups (broad SMARTS) is 1. The number of aliphatic hydroxyl groups is 1. The van der Waals surface area contributed by atoms with Crippen molar-refractivity contribution in [2.45, 2.75) is 31.6 Å². The first kappa shape index (κ1) is 16.4. The Morgan fingerprint density at radius 1 is 1.26 bits per heavy atom. The summed E-state index contributed by atoms with van der Waals surface area (Å²) < 4.78 is 25.2. The molecule has 0 aliphatic carbocycles. The molecular formula is C11H22N2O5S. The van der Waals surface area contributed by atoms with Crippen molar-refractivity contribution in [3.05, 3.63) is 0 Å². The molecule has 19 heavy (non-hydrogen) atoms. The van der Waals surface area contributed by atoms with Gasteiger partial charge in [0.2, 0.25) is 10.0 Å². The van der Waals surface area contributed by atoms with Crippen LogP contribution in [-0.4, -0.2) is 77.4 Å². The van der Waals surface area contributed by atoms with Gasteiger partial charge < -0.3 is 10.2 Å². The highest BCUT2D eigenvalue weighted by atomic mass is 32.2. The van der Waals surface area contributed by atoms with E-state index in [9.17, 15) is 18.3 Å². The topological polar surface area (TPSA) is 98.1 Å². The lowest BCUT2D eigenvalue weighted by molar-refractivity contribution is -0.136. The minimum Gasteiger partial charge on any atom is -0.480 e. The van der Waals surface area contributed by atoms with Gasteiger partial charge in [-0.1, -0.05) is 0 Å². The van der Waals surface area contributed by atoms with E-state index in [0.717, 1.165) is 0 Å². The third-order valence-electron chi connectivity index (χ3n) is 3.10. The van der Waals surface area contributed by atoms with Gasteiger partial charge in [0.1, 0.15) is 0 Å². The average Bonchev–Trinajstić information content (AvgIpc) is 2.26. The fourth-order valence-corrected chi connectivity index (χ4v) is 3.41. The smallest absolute Gasteiger partial charge is 0.323 e. The highest BCUT2D eigenvalue weighted by Crippen LogP contribution is 2.14. The molecule has 1 aliphatic rings. The number of carbonyl (C=O) groups is 1. The molecule has 0 aromatic carbocycles. The minimum atomic E-state index is -3.78. The maximum absolute atomic E-state index is 12.0. The van der Waals surface area contributed by atoms with Gasteiger partial charge in [0.25, 0.3) is 0 Å². The lowest BCUT2D eigenvalue weighted by Crippen LogP contribution is -2.54. The van der Waals surface area contributed by atoms with E-state index in [0.29, 0.717) is 19.6 Å². The number of rotatable bonds is 5. The second-order valence-corrected chi connectivity index (χ2v) is 7.77. The van der Waals surface area contributed by atoms with Gasteiger partial charge in [-0.2, -0.15) is 4.31 Å². The van der Waals surface area contributed by atoms with Crippen LogP contribution in [0.2, 0.25) is 0 Å². The van der Waals surface area contributed by atoms with Crippen LogP contribution in [0.1, 0.15) is 20.8 Å². The number of nitrogens with zero attached hydrogens (tertiary/aromatic N) is 2. The normalized spacial score (nSPS) is 21.3. The molecule has 0 aromatic heterocycles. The van der Waals surface area contributed by atoms with Gasteiger partial charge in [0.15, 0.2) is 5.25 Å². The maximum Gasteiger partial charge on any atom is 0.323 e. The van der Waals surface area contributed by atoms with Crippen LogP contribution >= 0.6 is 0 Å². The molecule has 1 heterocycles. The van der Waals surface area contributed by atoms with E-state index in [1.54, 1.807) is 13.8 Å². The fourth-order valence-electron chi connectivity index (χ4n) is 2.04. The van der Waals surface area contributed by atoms with Crippen molar-refractivity contribution >= 4 is 16.0 Å². The van der Waals surface area contributed by atoms with E-state index in [4.69, 9.17) is 5.11 Å². The zero-order valence-electron chi connectivity index (χ0n) is 11.5. The number of hydrogen-bond donors (Lipinski definition) is 2. The van der Waals surface area contributed by atoms with E-state index in [2.05, 4.69) is 0 Å². The van der Waals surface area contributed by atoms with Crippen LogP contribution in [0.5, 0.6) is 0 Å². The Bertz CT molecular complexity index is 421. The molecule has 2 N–H and O–H groups in total. The Labute approximate surface area is 113 Å². The summed E-state index contributed by atoms with van der Waals surface area (Å²) in [6.45, 7) is 6.55. The summed E-state index contributed by atoms with van der Waals surface area (Å²) in [5, 5.41) is 17.1. The summed E-state index contributed by atoms with van der Waals surface area (Å²) in [6, 6.07) is 0. The van der Waals surface area contributed by atoms with Crippen LogP contribution in [0.15, 0.2) is 0 Å². The van der Waals surface area contributed by atoms with Crippen LogP contribution in [-0.2, 0) is 14.8 Å². The standard InChI is InChI=1S/C11H22N2O5S/c1-9(10(14)15)19(17,18)13-6-4-12(5-7-13)8-11(2,3)16/h9,16H,4-8H2,1-3H3,(H,14,15). The number of hydrogen-bond acceptors (Lipinski definition) is 5. The van der Waals surface area contributed by atoms with Crippen LogP contribution in [0.3, 0.4) is 0 Å². The number of β-amino-alcohol motifs (C(OH)–C–C–N with tert-alkyl or cyclic N) is 1. The molecular weight excluding hydrogens is 272 g/mol. The van der Waals surface area contributed by atoms with E-state index >= 15 is 0 Å². The van der Waals surface area contributed by atoms with Gasteiger partial charge in [0, 0.05) is 32.7 Å². The number of aliphatic carboxylic acids is 1. The van der Waals surface area contributed by atoms with Crippen molar-refractivity contribution in [2.24, 2.45) is 0 Å². The molecule has 7 nitrogen and oxygen atoms in total. The van der Waals surface area contributed by atoms with Gasteiger partial charge in [-0.15, -0.1) is 0 Å². The average molecular weight is 294 g/mol. The van der Waals surface area contributed by atoms with Gasteiger partial charge in [-0.3, -0.25) is 9.69 Å². The molecule has 0 bridgehead atoms. The Kier molecular flexibility index (Phi) is 4.94. The molecule has 8 heteroatoms. The number of carboxylic acids is 1. The van der Waals surface area contributed by atoms with Gasteiger partial charge >= 0.3 is 5.97 Å². The first-order valence-corrected chi connectivity index (χ1v) is 7.71. The van der Waals surface area contributed by atoms with Crippen molar-refractivity contribution in [1.82, 2.24) is 9.21 Å². The quantitative estimate of drug-likeness (QED) is 0.687. The number of piperazine rings is 1. The van der Waals surface area contributed by atoms with E-state index in [1.807, 2.05) is 4.90 Å². The van der Waals surface area contributed by atoms with Crippen LogP contribution in [0.4, 0.5) is 0 Å². The molecule has 112 valence electrons. The highest BCUT2D eigenvalue weighted by molar-refractivity contribution is 7.90. The predicted octanol–water partition coefficient (Wildman–Crippen LogP) is -0.822. The molecule has 1 rings (SSSR count). The molecule has 1 fully saturated rings. The van der Waals surface area contributed by atoms with Crippen molar-refractivity contribution in [3.63, 3.8) is 0 Å². The van der Waals surface area contributed by atoms with E-state index < -0.39 is 26.8 Å². The Morgan fingerprint density at radius 2 is 1.74 bits per heavy atom. The van der Waals surface area contributed by atoms with E-state index in [1.165, 1.54) is 11.2 Å². The Morgan fingerprint density at radius 3 is 2.11 bits per heavy atom. The second-order valence-electron chi connectivity index (χ2n) is 5.51. The van der Waals surface area contributed by atoms with E-state index in [-0.39, 0.29) is 13.1 Å². The summed E-state index contributed by atoms with van der Waals surface area (Å²) in [4.78, 5) is 12.8.